The zero-order valence-electron chi connectivity index (χ0n) is 13.0. The van der Waals surface area contributed by atoms with Crippen LogP contribution in [0.1, 0.15) is 16.7 Å². The highest BCUT2D eigenvalue weighted by Crippen LogP contribution is 2.34. The smallest absolute Gasteiger partial charge is 0.147 e. The van der Waals surface area contributed by atoms with E-state index in [1.165, 1.54) is 11.1 Å². The van der Waals surface area contributed by atoms with Crippen molar-refractivity contribution in [3.8, 4) is 0 Å². The summed E-state index contributed by atoms with van der Waals surface area (Å²) in [5, 5.41) is 4.19. The molecule has 3 rings (SSSR count). The molecular weight excluding hydrogens is 326 g/mol. The minimum atomic E-state index is 0.238. The van der Waals surface area contributed by atoms with Gasteiger partial charge in [0.25, 0.3) is 0 Å². The molecule has 1 aliphatic rings. The number of ketones is 1. The molecule has 0 fully saturated rings. The zero-order valence-corrected chi connectivity index (χ0v) is 14.6. The first-order valence-corrected chi connectivity index (χ1v) is 9.30. The second kappa shape index (κ2) is 8.00. The summed E-state index contributed by atoms with van der Waals surface area (Å²) in [5.41, 5.74) is 3.75. The van der Waals surface area contributed by atoms with Gasteiger partial charge in [-0.15, -0.1) is 11.8 Å². The molecule has 0 amide bonds. The monoisotopic (exact) mass is 345 g/mol. The Kier molecular flexibility index (Phi) is 5.76. The SMILES string of the molecule is O=C(CSc1c(Cl)ccc2c1CCNCC2)Cc1ccccc1. The van der Waals surface area contributed by atoms with Crippen molar-refractivity contribution < 1.29 is 4.79 Å². The van der Waals surface area contributed by atoms with Crippen LogP contribution in [0.2, 0.25) is 5.02 Å². The Hall–Kier alpha value is -1.29. The number of nitrogens with one attached hydrogen (secondary N) is 1. The maximum Gasteiger partial charge on any atom is 0.147 e. The quantitative estimate of drug-likeness (QED) is 0.832. The van der Waals surface area contributed by atoms with E-state index in [0.29, 0.717) is 12.2 Å². The van der Waals surface area contributed by atoms with Gasteiger partial charge >= 0.3 is 0 Å². The van der Waals surface area contributed by atoms with E-state index in [-0.39, 0.29) is 5.78 Å². The molecule has 1 aliphatic heterocycles. The van der Waals surface area contributed by atoms with Crippen LogP contribution in [0.15, 0.2) is 47.4 Å². The molecule has 2 aromatic carbocycles. The first-order chi connectivity index (χ1) is 11.2. The Labute approximate surface area is 146 Å². The summed E-state index contributed by atoms with van der Waals surface area (Å²) in [4.78, 5) is 13.3. The van der Waals surface area contributed by atoms with Crippen LogP contribution >= 0.6 is 23.4 Å². The fourth-order valence-corrected chi connectivity index (χ4v) is 4.25. The van der Waals surface area contributed by atoms with Crippen LogP contribution in [0.25, 0.3) is 0 Å². The molecule has 0 bridgehead atoms. The third-order valence-corrected chi connectivity index (χ3v) is 5.70. The van der Waals surface area contributed by atoms with Crippen LogP contribution in [0.3, 0.4) is 0 Å². The number of carbonyl (C=O) groups is 1. The average molecular weight is 346 g/mol. The van der Waals surface area contributed by atoms with Gasteiger partial charge in [0, 0.05) is 11.3 Å². The van der Waals surface area contributed by atoms with E-state index in [1.54, 1.807) is 11.8 Å². The Morgan fingerprint density at radius 3 is 2.70 bits per heavy atom. The normalized spacial score (nSPS) is 14.1. The highest BCUT2D eigenvalue weighted by molar-refractivity contribution is 8.00. The maximum atomic E-state index is 12.3. The molecule has 2 aromatic rings. The molecule has 0 saturated heterocycles. The molecule has 1 heterocycles. The number of benzene rings is 2. The van der Waals surface area contributed by atoms with Gasteiger partial charge in [0.1, 0.15) is 5.78 Å². The van der Waals surface area contributed by atoms with Gasteiger partial charge in [-0.3, -0.25) is 4.79 Å². The molecule has 2 nitrogen and oxygen atoms in total. The van der Waals surface area contributed by atoms with E-state index in [9.17, 15) is 4.79 Å². The number of rotatable bonds is 5. The van der Waals surface area contributed by atoms with E-state index < -0.39 is 0 Å². The predicted molar refractivity (Wildman–Crippen MR) is 97.6 cm³/mol. The van der Waals surface area contributed by atoms with Crippen molar-refractivity contribution in [2.45, 2.75) is 24.2 Å². The lowest BCUT2D eigenvalue weighted by molar-refractivity contribution is -0.116. The van der Waals surface area contributed by atoms with Crippen LogP contribution in [0.4, 0.5) is 0 Å². The Morgan fingerprint density at radius 2 is 1.87 bits per heavy atom. The summed E-state index contributed by atoms with van der Waals surface area (Å²) in [7, 11) is 0. The second-order valence-electron chi connectivity index (χ2n) is 5.75. The van der Waals surface area contributed by atoms with Crippen molar-refractivity contribution in [3.63, 3.8) is 0 Å². The van der Waals surface area contributed by atoms with E-state index >= 15 is 0 Å². The molecule has 0 aromatic heterocycles. The van der Waals surface area contributed by atoms with Crippen LogP contribution < -0.4 is 5.32 Å². The minimum Gasteiger partial charge on any atom is -0.316 e. The lowest BCUT2D eigenvalue weighted by atomic mass is 10.0. The number of hydrogen-bond donors (Lipinski definition) is 1. The van der Waals surface area contributed by atoms with Crippen molar-refractivity contribution in [2.75, 3.05) is 18.8 Å². The van der Waals surface area contributed by atoms with Gasteiger partial charge in [-0.2, -0.15) is 0 Å². The Bertz CT molecular complexity index is 687. The van der Waals surface area contributed by atoms with E-state index in [1.807, 2.05) is 36.4 Å². The Balaban J connectivity index is 1.69. The average Bonchev–Trinajstić information content (AvgIpc) is 2.80. The van der Waals surface area contributed by atoms with Gasteiger partial charge in [-0.25, -0.2) is 0 Å². The third-order valence-electron chi connectivity index (χ3n) is 4.05. The zero-order chi connectivity index (χ0) is 16.1. The van der Waals surface area contributed by atoms with Gasteiger partial charge in [0.05, 0.1) is 10.8 Å². The standard InChI is InChI=1S/C19H20ClNOS/c20-18-7-6-15-8-10-21-11-9-17(15)19(18)23-13-16(22)12-14-4-2-1-3-5-14/h1-7,21H,8-13H2. The fraction of sp³-hybridized carbons (Fsp3) is 0.316. The largest absolute Gasteiger partial charge is 0.316 e. The number of Topliss-reactive ketones (excluding diaryl/α,β-unsaturated/α-hetero) is 1. The van der Waals surface area contributed by atoms with E-state index in [0.717, 1.165) is 41.4 Å². The third kappa shape index (κ3) is 4.37. The molecule has 0 aliphatic carbocycles. The van der Waals surface area contributed by atoms with Gasteiger partial charge in [0.2, 0.25) is 0 Å². The molecule has 0 spiro atoms. The van der Waals surface area contributed by atoms with Crippen LogP contribution in [-0.4, -0.2) is 24.6 Å². The van der Waals surface area contributed by atoms with Crippen molar-refractivity contribution in [3.05, 3.63) is 64.2 Å². The molecule has 0 unspecified atom stereocenters. The number of thioether (sulfide) groups is 1. The summed E-state index contributed by atoms with van der Waals surface area (Å²) in [6.07, 6.45) is 2.49. The molecule has 1 N–H and O–H groups in total. The Morgan fingerprint density at radius 1 is 1.09 bits per heavy atom. The summed E-state index contributed by atoms with van der Waals surface area (Å²) < 4.78 is 0. The summed E-state index contributed by atoms with van der Waals surface area (Å²) in [6.45, 7) is 1.98. The first kappa shape index (κ1) is 16.6. The van der Waals surface area contributed by atoms with Gasteiger partial charge in [0.15, 0.2) is 0 Å². The van der Waals surface area contributed by atoms with Gasteiger partial charge < -0.3 is 5.32 Å². The summed E-state index contributed by atoms with van der Waals surface area (Å²) in [6, 6.07) is 14.0. The molecule has 0 radical (unpaired) electrons. The maximum absolute atomic E-state index is 12.3. The predicted octanol–water partition coefficient (Wildman–Crippen LogP) is 3.93. The van der Waals surface area contributed by atoms with Crippen molar-refractivity contribution in [1.82, 2.24) is 5.32 Å². The lowest BCUT2D eigenvalue weighted by Crippen LogP contribution is -2.16. The first-order valence-electron chi connectivity index (χ1n) is 7.93. The summed E-state index contributed by atoms with van der Waals surface area (Å²) >= 11 is 7.99. The van der Waals surface area contributed by atoms with Crippen LogP contribution in [0.5, 0.6) is 0 Å². The number of halogens is 1. The highest BCUT2D eigenvalue weighted by atomic mass is 35.5. The molecule has 23 heavy (non-hydrogen) atoms. The van der Waals surface area contributed by atoms with Crippen molar-refractivity contribution >= 4 is 29.1 Å². The van der Waals surface area contributed by atoms with Crippen LogP contribution in [0, 0.1) is 0 Å². The number of carbonyl (C=O) groups excluding carboxylic acids is 1. The topological polar surface area (TPSA) is 29.1 Å². The number of hydrogen-bond acceptors (Lipinski definition) is 3. The van der Waals surface area contributed by atoms with Gasteiger partial charge in [-0.05, 0) is 48.7 Å². The highest BCUT2D eigenvalue weighted by Gasteiger charge is 2.16. The minimum absolute atomic E-state index is 0.238. The number of fused-ring (bicyclic) bond motifs is 1. The molecule has 0 saturated carbocycles. The second-order valence-corrected chi connectivity index (χ2v) is 7.15. The molecule has 4 heteroatoms. The fourth-order valence-electron chi connectivity index (χ4n) is 2.89. The molecule has 0 atom stereocenters. The summed E-state index contributed by atoms with van der Waals surface area (Å²) in [5.74, 6) is 0.708. The molecule has 120 valence electrons. The molecular formula is C19H20ClNOS. The van der Waals surface area contributed by atoms with Crippen LogP contribution in [-0.2, 0) is 24.1 Å². The van der Waals surface area contributed by atoms with E-state index in [2.05, 4.69) is 11.4 Å². The van der Waals surface area contributed by atoms with E-state index in [4.69, 9.17) is 11.6 Å². The van der Waals surface area contributed by atoms with Crippen molar-refractivity contribution in [2.24, 2.45) is 0 Å². The van der Waals surface area contributed by atoms with Crippen molar-refractivity contribution in [1.29, 1.82) is 0 Å². The lowest BCUT2D eigenvalue weighted by Gasteiger charge is -2.13. The van der Waals surface area contributed by atoms with Gasteiger partial charge in [-0.1, -0.05) is 48.0 Å².